The van der Waals surface area contributed by atoms with Gasteiger partial charge in [0, 0.05) is 6.42 Å². The lowest BCUT2D eigenvalue weighted by atomic mass is 10.2. The molecule has 0 amide bonds. The highest BCUT2D eigenvalue weighted by atomic mass is 16.5. The Labute approximate surface area is 93.7 Å². The quantitative estimate of drug-likeness (QED) is 0.204. The highest BCUT2D eigenvalue weighted by Gasteiger charge is 2.00. The summed E-state index contributed by atoms with van der Waals surface area (Å²) < 4.78 is 4.93. The topological polar surface area (TPSA) is 110 Å². The van der Waals surface area contributed by atoms with E-state index in [1.54, 1.807) is 6.92 Å². The van der Waals surface area contributed by atoms with Crippen LogP contribution in [0.1, 0.15) is 31.0 Å². The van der Waals surface area contributed by atoms with E-state index in [1.165, 1.54) is 0 Å². The van der Waals surface area contributed by atoms with E-state index < -0.39 is 0 Å². The number of nitrogens with one attached hydrogen (secondary N) is 1. The number of aromatic nitrogens is 2. The van der Waals surface area contributed by atoms with Crippen molar-refractivity contribution in [2.45, 2.75) is 32.7 Å². The van der Waals surface area contributed by atoms with Gasteiger partial charge in [0.1, 0.15) is 5.84 Å². The fourth-order valence-corrected chi connectivity index (χ4v) is 1.21. The van der Waals surface area contributed by atoms with Crippen molar-refractivity contribution >= 4 is 5.84 Å². The lowest BCUT2D eigenvalue weighted by Crippen LogP contribution is -2.16. The normalized spacial score (nSPS) is 11.9. The SMILES string of the molecule is Cc1noc(CNCCCCC(N)=NO)n1. The first-order valence-electron chi connectivity index (χ1n) is 5.18. The van der Waals surface area contributed by atoms with Gasteiger partial charge in [0.2, 0.25) is 5.89 Å². The first kappa shape index (κ1) is 12.4. The van der Waals surface area contributed by atoms with Crippen LogP contribution in [0.25, 0.3) is 0 Å². The van der Waals surface area contributed by atoms with Gasteiger partial charge in [-0.3, -0.25) is 0 Å². The summed E-state index contributed by atoms with van der Waals surface area (Å²) in [4.78, 5) is 4.06. The molecule has 0 atom stereocenters. The van der Waals surface area contributed by atoms with E-state index in [4.69, 9.17) is 15.5 Å². The molecule has 0 saturated carbocycles. The molecule has 0 aromatic carbocycles. The van der Waals surface area contributed by atoms with Crippen LogP contribution in [0.4, 0.5) is 0 Å². The third-order valence-corrected chi connectivity index (χ3v) is 2.01. The van der Waals surface area contributed by atoms with Gasteiger partial charge in [0.05, 0.1) is 6.54 Å². The van der Waals surface area contributed by atoms with Gasteiger partial charge in [0.25, 0.3) is 0 Å². The molecule has 7 heteroatoms. The first-order valence-corrected chi connectivity index (χ1v) is 5.18. The number of amidine groups is 1. The number of nitrogens with zero attached hydrogens (tertiary/aromatic N) is 3. The number of aryl methyl sites for hydroxylation is 1. The van der Waals surface area contributed by atoms with Gasteiger partial charge < -0.3 is 20.8 Å². The fraction of sp³-hybridized carbons (Fsp3) is 0.667. The molecule has 1 heterocycles. The maximum Gasteiger partial charge on any atom is 0.240 e. The average Bonchev–Trinajstić information content (AvgIpc) is 2.69. The standard InChI is InChI=1S/C9H17N5O2/c1-7-12-9(16-14-7)6-11-5-3-2-4-8(10)13-15/h11,15H,2-6H2,1H3,(H2,10,13). The molecular formula is C9H17N5O2. The minimum absolute atomic E-state index is 0.271. The zero-order chi connectivity index (χ0) is 11.8. The van der Waals surface area contributed by atoms with Crippen LogP contribution in [0.2, 0.25) is 0 Å². The number of oxime groups is 1. The second-order valence-corrected chi connectivity index (χ2v) is 3.46. The van der Waals surface area contributed by atoms with E-state index in [-0.39, 0.29) is 5.84 Å². The summed E-state index contributed by atoms with van der Waals surface area (Å²) in [5.41, 5.74) is 5.33. The molecule has 1 aromatic rings. The van der Waals surface area contributed by atoms with Gasteiger partial charge in [-0.15, -0.1) is 0 Å². The van der Waals surface area contributed by atoms with Crippen molar-refractivity contribution in [2.24, 2.45) is 10.9 Å². The van der Waals surface area contributed by atoms with Gasteiger partial charge in [-0.25, -0.2) is 0 Å². The maximum absolute atomic E-state index is 8.31. The minimum Gasteiger partial charge on any atom is -0.409 e. The molecule has 0 radical (unpaired) electrons. The number of hydrogen-bond acceptors (Lipinski definition) is 6. The molecule has 0 fully saturated rings. The zero-order valence-corrected chi connectivity index (χ0v) is 9.31. The van der Waals surface area contributed by atoms with Crippen LogP contribution in [0.5, 0.6) is 0 Å². The molecule has 7 nitrogen and oxygen atoms in total. The van der Waals surface area contributed by atoms with Crippen molar-refractivity contribution in [3.63, 3.8) is 0 Å². The van der Waals surface area contributed by atoms with E-state index in [9.17, 15) is 0 Å². The van der Waals surface area contributed by atoms with Gasteiger partial charge in [-0.1, -0.05) is 10.3 Å². The van der Waals surface area contributed by atoms with Crippen LogP contribution in [-0.4, -0.2) is 27.7 Å². The lowest BCUT2D eigenvalue weighted by Gasteiger charge is -2.01. The van der Waals surface area contributed by atoms with Gasteiger partial charge in [-0.05, 0) is 26.3 Å². The van der Waals surface area contributed by atoms with Gasteiger partial charge in [0.15, 0.2) is 5.82 Å². The molecular weight excluding hydrogens is 210 g/mol. The molecule has 16 heavy (non-hydrogen) atoms. The molecule has 0 bridgehead atoms. The number of hydrogen-bond donors (Lipinski definition) is 3. The Kier molecular flexibility index (Phi) is 5.27. The minimum atomic E-state index is 0.271. The summed E-state index contributed by atoms with van der Waals surface area (Å²) >= 11 is 0. The van der Waals surface area contributed by atoms with E-state index in [2.05, 4.69) is 20.6 Å². The van der Waals surface area contributed by atoms with Crippen molar-refractivity contribution < 1.29 is 9.73 Å². The molecule has 0 saturated heterocycles. The number of rotatable bonds is 7. The summed E-state index contributed by atoms with van der Waals surface area (Å²) in [6, 6.07) is 0. The molecule has 0 aliphatic rings. The Hall–Kier alpha value is -1.63. The number of nitrogens with two attached hydrogens (primary N) is 1. The van der Waals surface area contributed by atoms with Crippen LogP contribution < -0.4 is 11.1 Å². The van der Waals surface area contributed by atoms with E-state index in [0.717, 1.165) is 19.4 Å². The van der Waals surface area contributed by atoms with Crippen molar-refractivity contribution in [3.8, 4) is 0 Å². The highest BCUT2D eigenvalue weighted by Crippen LogP contribution is 1.96. The highest BCUT2D eigenvalue weighted by molar-refractivity contribution is 5.79. The van der Waals surface area contributed by atoms with E-state index >= 15 is 0 Å². The first-order chi connectivity index (χ1) is 7.72. The third kappa shape index (κ3) is 4.74. The Morgan fingerprint density at radius 1 is 1.56 bits per heavy atom. The Bertz CT molecular complexity index is 336. The van der Waals surface area contributed by atoms with Crippen LogP contribution in [0.3, 0.4) is 0 Å². The zero-order valence-electron chi connectivity index (χ0n) is 9.31. The predicted molar refractivity (Wildman–Crippen MR) is 58.0 cm³/mol. The Morgan fingerprint density at radius 3 is 3.00 bits per heavy atom. The summed E-state index contributed by atoms with van der Waals surface area (Å²) in [5, 5.41) is 18.1. The van der Waals surface area contributed by atoms with Crippen molar-refractivity contribution in [2.75, 3.05) is 6.54 Å². The van der Waals surface area contributed by atoms with Crippen LogP contribution in [-0.2, 0) is 6.54 Å². The van der Waals surface area contributed by atoms with Crippen molar-refractivity contribution in [1.29, 1.82) is 0 Å². The maximum atomic E-state index is 8.31. The molecule has 0 aliphatic carbocycles. The summed E-state index contributed by atoms with van der Waals surface area (Å²) in [6.45, 7) is 3.19. The lowest BCUT2D eigenvalue weighted by molar-refractivity contribution is 0.316. The molecule has 0 spiro atoms. The predicted octanol–water partition coefficient (Wildman–Crippen LogP) is 0.384. The van der Waals surface area contributed by atoms with Crippen LogP contribution in [0.15, 0.2) is 9.68 Å². The molecule has 90 valence electrons. The largest absolute Gasteiger partial charge is 0.409 e. The summed E-state index contributed by atoms with van der Waals surface area (Å²) in [6.07, 6.45) is 2.44. The summed E-state index contributed by atoms with van der Waals surface area (Å²) in [5.74, 6) is 1.50. The smallest absolute Gasteiger partial charge is 0.240 e. The van der Waals surface area contributed by atoms with Gasteiger partial charge in [-0.2, -0.15) is 4.98 Å². The van der Waals surface area contributed by atoms with Crippen LogP contribution >= 0.6 is 0 Å². The molecule has 0 unspecified atom stereocenters. The fourth-order valence-electron chi connectivity index (χ4n) is 1.21. The second kappa shape index (κ2) is 6.78. The summed E-state index contributed by atoms with van der Waals surface area (Å²) in [7, 11) is 0. The van der Waals surface area contributed by atoms with Crippen molar-refractivity contribution in [1.82, 2.24) is 15.5 Å². The van der Waals surface area contributed by atoms with Crippen molar-refractivity contribution in [3.05, 3.63) is 11.7 Å². The monoisotopic (exact) mass is 227 g/mol. The van der Waals surface area contributed by atoms with E-state index in [0.29, 0.717) is 24.7 Å². The Morgan fingerprint density at radius 2 is 2.38 bits per heavy atom. The molecule has 1 rings (SSSR count). The van der Waals surface area contributed by atoms with Gasteiger partial charge >= 0.3 is 0 Å². The molecule has 0 aliphatic heterocycles. The Balaban J connectivity index is 2.00. The second-order valence-electron chi connectivity index (χ2n) is 3.46. The van der Waals surface area contributed by atoms with E-state index in [1.807, 2.05) is 0 Å². The number of unbranched alkanes of at least 4 members (excludes halogenated alkanes) is 1. The molecule has 1 aromatic heterocycles. The third-order valence-electron chi connectivity index (χ3n) is 2.01. The van der Waals surface area contributed by atoms with Crippen LogP contribution in [0, 0.1) is 6.92 Å². The molecule has 4 N–H and O–H groups in total. The average molecular weight is 227 g/mol.